The molecule has 3 N–H and O–H groups in total. The maximum atomic E-state index is 14.0. The SMILES string of the molecule is C=C1C[C@@H]2CC[C@@]34C[C@@H]5O[C@@H]6[C@@H](O[C@H]7CCC(CC(=O)C[C@@H]8[C@@H](C)[C@@H](C[C@H](O)CN)O[C@H]8CC8O[C@@H](CCC1O2)C[C@@H](C)C8=C)O[C@@H]7[C@@H]6O3)[C@H]5O4. The standard InChI is InChI=1S/C40H59NO10/c1-19-11-25-5-7-29-20(2)12-27(44-29)9-10-40-17-34-36(50-40)37-38(49-34)39(51-40)35-30(48-37)8-6-26(46-35)13-23(42)14-28-22(4)31(15-24(43)18-41)47-33(28)16-32(45-25)21(19)3/h19,22,24-39,43H,2-3,5-18,41H2,1,4H3/t19-,22-,24+,25+,26?,27+,28-,29?,30+,31-,32?,33+,34+,35+,36+,37+,38-,39+,40+/m1/s1. The third kappa shape index (κ3) is 6.53. The first-order chi connectivity index (χ1) is 24.6. The highest BCUT2D eigenvalue weighted by molar-refractivity contribution is 5.79. The maximum absolute atomic E-state index is 14.0. The Balaban J connectivity index is 0.986. The lowest BCUT2D eigenvalue weighted by molar-refractivity contribution is -0.292. The first-order valence-corrected chi connectivity index (χ1v) is 20.1. The fourth-order valence-electron chi connectivity index (χ4n) is 11.3. The van der Waals surface area contributed by atoms with E-state index in [9.17, 15) is 9.90 Å². The van der Waals surface area contributed by atoms with Gasteiger partial charge in [0.2, 0.25) is 0 Å². The summed E-state index contributed by atoms with van der Waals surface area (Å²) < 4.78 is 54.0. The molecule has 0 amide bonds. The Kier molecular flexibility index (Phi) is 9.59. The van der Waals surface area contributed by atoms with E-state index in [1.165, 1.54) is 0 Å². The number of carbonyl (C=O) groups is 1. The zero-order valence-electron chi connectivity index (χ0n) is 30.4. The van der Waals surface area contributed by atoms with Gasteiger partial charge in [-0.05, 0) is 73.8 Å². The van der Waals surface area contributed by atoms with Gasteiger partial charge in [-0.2, -0.15) is 0 Å². The largest absolute Gasteiger partial charge is 0.392 e. The smallest absolute Gasteiger partial charge is 0.172 e. The summed E-state index contributed by atoms with van der Waals surface area (Å²) in [7, 11) is 0. The van der Waals surface area contributed by atoms with Crippen molar-refractivity contribution < 1.29 is 47.8 Å². The monoisotopic (exact) mass is 713 g/mol. The van der Waals surface area contributed by atoms with E-state index in [2.05, 4.69) is 27.0 Å². The molecule has 12 bridgehead atoms. The molecule has 0 aromatic carbocycles. The lowest BCUT2D eigenvalue weighted by Gasteiger charge is -2.47. The molecule has 0 aromatic heterocycles. The van der Waals surface area contributed by atoms with Crippen LogP contribution in [0.15, 0.2) is 24.3 Å². The number of aliphatic hydroxyl groups excluding tert-OH is 1. The number of nitrogens with two attached hydrogens (primary N) is 1. The van der Waals surface area contributed by atoms with E-state index in [0.717, 1.165) is 56.1 Å². The molecule has 10 aliphatic rings. The topological polar surface area (TPSA) is 137 Å². The van der Waals surface area contributed by atoms with Gasteiger partial charge in [-0.25, -0.2) is 0 Å². The van der Waals surface area contributed by atoms with Crippen molar-refractivity contribution in [1.82, 2.24) is 0 Å². The van der Waals surface area contributed by atoms with Crippen molar-refractivity contribution in [1.29, 1.82) is 0 Å². The van der Waals surface area contributed by atoms with Gasteiger partial charge in [0.25, 0.3) is 0 Å². The van der Waals surface area contributed by atoms with Crippen LogP contribution in [0.25, 0.3) is 0 Å². The Morgan fingerprint density at radius 1 is 0.765 bits per heavy atom. The van der Waals surface area contributed by atoms with Crippen LogP contribution in [0, 0.1) is 17.8 Å². The van der Waals surface area contributed by atoms with Crippen molar-refractivity contribution in [3.63, 3.8) is 0 Å². The van der Waals surface area contributed by atoms with Gasteiger partial charge in [0.05, 0.1) is 61.0 Å². The van der Waals surface area contributed by atoms with E-state index >= 15 is 0 Å². The Morgan fingerprint density at radius 3 is 2.35 bits per heavy atom. The predicted molar refractivity (Wildman–Crippen MR) is 185 cm³/mol. The first kappa shape index (κ1) is 35.5. The number of rotatable bonds is 3. The number of fused-ring (bicyclic) bond motifs is 6. The van der Waals surface area contributed by atoms with E-state index in [-0.39, 0.29) is 110 Å². The average molecular weight is 714 g/mol. The second-order valence-electron chi connectivity index (χ2n) is 17.6. The number of aliphatic hydroxyl groups is 1. The average Bonchev–Trinajstić information content (AvgIpc) is 3.77. The summed E-state index contributed by atoms with van der Waals surface area (Å²) in [5.74, 6) is -0.222. The van der Waals surface area contributed by atoms with Crippen LogP contribution in [0.5, 0.6) is 0 Å². The number of hydrogen-bond acceptors (Lipinski definition) is 11. The molecule has 0 saturated carbocycles. The summed E-state index contributed by atoms with van der Waals surface area (Å²) in [6, 6.07) is 0. The number of carbonyl (C=O) groups excluding carboxylic acids is 1. The molecule has 11 heteroatoms. The molecule has 0 radical (unpaired) electrons. The first-order valence-electron chi connectivity index (χ1n) is 20.1. The predicted octanol–water partition coefficient (Wildman–Crippen LogP) is 4.06. The van der Waals surface area contributed by atoms with Gasteiger partial charge in [0, 0.05) is 45.1 Å². The molecule has 51 heavy (non-hydrogen) atoms. The van der Waals surface area contributed by atoms with Gasteiger partial charge in [0.15, 0.2) is 5.79 Å². The van der Waals surface area contributed by atoms with Gasteiger partial charge >= 0.3 is 0 Å². The molecule has 11 nitrogen and oxygen atoms in total. The van der Waals surface area contributed by atoms with Crippen LogP contribution in [0.1, 0.15) is 97.3 Å². The molecule has 3 unspecified atom stereocenters. The second-order valence-corrected chi connectivity index (χ2v) is 17.6. The summed E-state index contributed by atoms with van der Waals surface area (Å²) >= 11 is 0. The van der Waals surface area contributed by atoms with Gasteiger partial charge in [-0.15, -0.1) is 0 Å². The van der Waals surface area contributed by atoms with E-state index in [0.29, 0.717) is 44.4 Å². The molecule has 284 valence electrons. The number of ketones is 1. The quantitative estimate of drug-likeness (QED) is 0.410. The highest BCUT2D eigenvalue weighted by Gasteiger charge is 2.68. The summed E-state index contributed by atoms with van der Waals surface area (Å²) in [4.78, 5) is 14.0. The molecule has 10 rings (SSSR count). The summed E-state index contributed by atoms with van der Waals surface area (Å²) in [6.07, 6.45) is 6.43. The molecule has 0 aliphatic carbocycles. The van der Waals surface area contributed by atoms with E-state index in [1.54, 1.807) is 0 Å². The van der Waals surface area contributed by atoms with Gasteiger partial charge in [0.1, 0.15) is 36.3 Å². The second kappa shape index (κ2) is 13.8. The molecule has 10 saturated heterocycles. The maximum Gasteiger partial charge on any atom is 0.172 e. The van der Waals surface area contributed by atoms with E-state index < -0.39 is 11.9 Å². The molecule has 0 aromatic rings. The zero-order valence-corrected chi connectivity index (χ0v) is 30.4. The molecular formula is C40H59NO10. The number of Topliss-reactive ketones (excluding diaryl/α,β-unsaturated/α-hetero) is 1. The van der Waals surface area contributed by atoms with Crippen LogP contribution >= 0.6 is 0 Å². The lowest BCUT2D eigenvalue weighted by atomic mass is 9.78. The minimum Gasteiger partial charge on any atom is -0.392 e. The Bertz CT molecular complexity index is 1360. The van der Waals surface area contributed by atoms with Crippen molar-refractivity contribution in [3.05, 3.63) is 24.3 Å². The normalized spacial score (nSPS) is 53.2. The number of hydrogen-bond donors (Lipinski definition) is 2. The number of ether oxygens (including phenoxy) is 8. The molecule has 10 fully saturated rings. The zero-order chi connectivity index (χ0) is 35.2. The summed E-state index contributed by atoms with van der Waals surface area (Å²) in [5, 5.41) is 10.5. The highest BCUT2D eigenvalue weighted by Crippen LogP contribution is 2.54. The van der Waals surface area contributed by atoms with Crippen LogP contribution < -0.4 is 5.73 Å². The van der Waals surface area contributed by atoms with Crippen molar-refractivity contribution in [2.75, 3.05) is 6.54 Å². The lowest BCUT2D eigenvalue weighted by Crippen LogP contribution is -2.61. The Morgan fingerprint density at radius 2 is 1.51 bits per heavy atom. The summed E-state index contributed by atoms with van der Waals surface area (Å²) in [5.41, 5.74) is 8.06. The van der Waals surface area contributed by atoms with E-state index in [4.69, 9.17) is 43.6 Å². The van der Waals surface area contributed by atoms with Crippen molar-refractivity contribution in [3.8, 4) is 0 Å². The fraction of sp³-hybridized carbons (Fsp3) is 0.875. The van der Waals surface area contributed by atoms with Crippen molar-refractivity contribution in [2.45, 2.75) is 195 Å². The Hall–Kier alpha value is -1.25. The van der Waals surface area contributed by atoms with Crippen LogP contribution in [-0.2, 0) is 42.7 Å². The van der Waals surface area contributed by atoms with Gasteiger partial charge in [-0.1, -0.05) is 27.0 Å². The van der Waals surface area contributed by atoms with Gasteiger partial charge in [-0.3, -0.25) is 4.79 Å². The van der Waals surface area contributed by atoms with Crippen molar-refractivity contribution in [2.24, 2.45) is 23.5 Å². The third-order valence-electron chi connectivity index (χ3n) is 14.2. The molecule has 10 aliphatic heterocycles. The van der Waals surface area contributed by atoms with Gasteiger partial charge < -0.3 is 48.7 Å². The van der Waals surface area contributed by atoms with Crippen LogP contribution in [0.3, 0.4) is 0 Å². The minimum atomic E-state index is -0.765. The van der Waals surface area contributed by atoms with E-state index in [1.807, 2.05) is 0 Å². The highest BCUT2D eigenvalue weighted by atomic mass is 16.8. The molecule has 19 atom stereocenters. The Labute approximate surface area is 302 Å². The van der Waals surface area contributed by atoms with Crippen LogP contribution in [0.4, 0.5) is 0 Å². The molecule has 10 heterocycles. The van der Waals surface area contributed by atoms with Crippen molar-refractivity contribution >= 4 is 5.78 Å². The third-order valence-corrected chi connectivity index (χ3v) is 14.2. The fourth-order valence-corrected chi connectivity index (χ4v) is 11.3. The molecule has 1 spiro atoms. The van der Waals surface area contributed by atoms with Crippen LogP contribution in [-0.4, -0.2) is 115 Å². The molecular weight excluding hydrogens is 654 g/mol. The van der Waals surface area contributed by atoms with Crippen LogP contribution in [0.2, 0.25) is 0 Å². The summed E-state index contributed by atoms with van der Waals surface area (Å²) in [6.45, 7) is 13.5. The minimum absolute atomic E-state index is 0.00127.